The van der Waals surface area contributed by atoms with Crippen molar-refractivity contribution < 1.29 is 23.8 Å². The lowest BCUT2D eigenvalue weighted by Gasteiger charge is -2.25. The summed E-state index contributed by atoms with van der Waals surface area (Å²) in [5, 5.41) is 11.8. The highest BCUT2D eigenvalue weighted by molar-refractivity contribution is 6.52. The number of rotatable bonds is 4. The Kier molecular flexibility index (Phi) is 6.34. The number of benzene rings is 3. The third-order valence-corrected chi connectivity index (χ3v) is 6.29. The van der Waals surface area contributed by atoms with E-state index < -0.39 is 29.3 Å². The number of methoxy groups -OCH3 is 1. The Balaban J connectivity index is 2.00. The Morgan fingerprint density at radius 3 is 2.36 bits per heavy atom. The molecule has 0 aliphatic carbocycles. The molecular formula is C24H15Cl3FNO4. The lowest BCUT2D eigenvalue weighted by molar-refractivity contribution is -0.132. The first-order valence-corrected chi connectivity index (χ1v) is 10.7. The number of aliphatic hydroxyl groups is 1. The van der Waals surface area contributed by atoms with Crippen LogP contribution in [0, 0.1) is 5.82 Å². The van der Waals surface area contributed by atoms with Crippen molar-refractivity contribution in [1.82, 2.24) is 0 Å². The lowest BCUT2D eigenvalue weighted by atomic mass is 9.95. The van der Waals surface area contributed by atoms with Gasteiger partial charge in [0.1, 0.15) is 17.3 Å². The summed E-state index contributed by atoms with van der Waals surface area (Å²) < 4.78 is 19.2. The molecule has 9 heteroatoms. The van der Waals surface area contributed by atoms with E-state index in [0.717, 1.165) is 11.0 Å². The molecule has 0 radical (unpaired) electrons. The van der Waals surface area contributed by atoms with Crippen LogP contribution in [0.2, 0.25) is 15.1 Å². The molecular weight excluding hydrogens is 492 g/mol. The molecule has 1 aliphatic heterocycles. The van der Waals surface area contributed by atoms with Gasteiger partial charge in [0.05, 0.1) is 33.8 Å². The molecule has 33 heavy (non-hydrogen) atoms. The number of halogens is 4. The van der Waals surface area contributed by atoms with Crippen LogP contribution in [0.5, 0.6) is 5.75 Å². The largest absolute Gasteiger partial charge is 0.507 e. The highest BCUT2D eigenvalue weighted by atomic mass is 35.5. The number of ether oxygens (including phenoxy) is 1. The molecule has 3 aromatic carbocycles. The van der Waals surface area contributed by atoms with Crippen molar-refractivity contribution in [3.05, 3.63) is 98.2 Å². The van der Waals surface area contributed by atoms with Crippen LogP contribution < -0.4 is 9.64 Å². The van der Waals surface area contributed by atoms with Crippen molar-refractivity contribution in [2.24, 2.45) is 0 Å². The number of Topliss-reactive ketones (excluding diaryl/α,β-unsaturated/α-hetero) is 1. The summed E-state index contributed by atoms with van der Waals surface area (Å²) in [6, 6.07) is 13.2. The predicted octanol–water partition coefficient (Wildman–Crippen LogP) is 6.42. The zero-order valence-corrected chi connectivity index (χ0v) is 19.2. The number of aliphatic hydroxyl groups excluding tert-OH is 1. The second-order valence-corrected chi connectivity index (χ2v) is 8.39. The molecule has 1 unspecified atom stereocenters. The molecule has 0 bridgehead atoms. The van der Waals surface area contributed by atoms with Crippen LogP contribution in [0.1, 0.15) is 17.2 Å². The molecule has 1 amide bonds. The van der Waals surface area contributed by atoms with Gasteiger partial charge >= 0.3 is 0 Å². The predicted molar refractivity (Wildman–Crippen MR) is 126 cm³/mol. The average molecular weight is 507 g/mol. The number of hydrogen-bond acceptors (Lipinski definition) is 4. The van der Waals surface area contributed by atoms with Crippen molar-refractivity contribution in [3.63, 3.8) is 0 Å². The van der Waals surface area contributed by atoms with Gasteiger partial charge in [-0.05, 0) is 54.1 Å². The second kappa shape index (κ2) is 9.06. The van der Waals surface area contributed by atoms with Crippen molar-refractivity contribution in [1.29, 1.82) is 0 Å². The Labute approximate surface area is 203 Å². The van der Waals surface area contributed by atoms with E-state index in [1.54, 1.807) is 12.1 Å². The van der Waals surface area contributed by atoms with Crippen molar-refractivity contribution in [3.8, 4) is 5.75 Å². The molecule has 1 heterocycles. The Morgan fingerprint density at radius 1 is 0.970 bits per heavy atom. The van der Waals surface area contributed by atoms with E-state index in [1.807, 2.05) is 0 Å². The van der Waals surface area contributed by atoms with Gasteiger partial charge in [-0.1, -0.05) is 46.9 Å². The zero-order valence-electron chi connectivity index (χ0n) is 17.0. The number of nitrogens with zero attached hydrogens (tertiary/aromatic N) is 1. The molecule has 0 spiro atoms. The Bertz CT molecular complexity index is 1320. The topological polar surface area (TPSA) is 66.8 Å². The monoisotopic (exact) mass is 505 g/mol. The normalized spacial score (nSPS) is 17.5. The molecule has 1 aliphatic rings. The van der Waals surface area contributed by atoms with E-state index in [9.17, 15) is 19.1 Å². The molecule has 1 saturated heterocycles. The summed E-state index contributed by atoms with van der Waals surface area (Å²) in [4.78, 5) is 27.4. The van der Waals surface area contributed by atoms with Crippen LogP contribution in [-0.2, 0) is 9.59 Å². The maximum absolute atomic E-state index is 14.0. The number of carbonyl (C=O) groups excluding carboxylic acids is 2. The summed E-state index contributed by atoms with van der Waals surface area (Å²) in [6.45, 7) is 0. The number of carbonyl (C=O) groups is 2. The van der Waals surface area contributed by atoms with Crippen LogP contribution in [0.25, 0.3) is 5.76 Å². The van der Waals surface area contributed by atoms with Crippen LogP contribution in [0.4, 0.5) is 10.1 Å². The smallest absolute Gasteiger partial charge is 0.300 e. The van der Waals surface area contributed by atoms with Gasteiger partial charge in [0.25, 0.3) is 11.7 Å². The summed E-state index contributed by atoms with van der Waals surface area (Å²) in [7, 11) is 1.44. The van der Waals surface area contributed by atoms with Crippen molar-refractivity contribution in [2.45, 2.75) is 6.04 Å². The average Bonchev–Trinajstić information content (AvgIpc) is 3.06. The second-order valence-electron chi connectivity index (χ2n) is 7.17. The van der Waals surface area contributed by atoms with Gasteiger partial charge in [-0.15, -0.1) is 0 Å². The molecule has 0 saturated carbocycles. The maximum Gasteiger partial charge on any atom is 0.300 e. The van der Waals surface area contributed by atoms with E-state index in [4.69, 9.17) is 39.5 Å². The minimum Gasteiger partial charge on any atom is -0.507 e. The third-order valence-electron chi connectivity index (χ3n) is 5.22. The molecule has 5 nitrogen and oxygen atoms in total. The minimum absolute atomic E-state index is 0.0957. The summed E-state index contributed by atoms with van der Waals surface area (Å²) in [5.41, 5.74) is 0.369. The van der Waals surface area contributed by atoms with Gasteiger partial charge in [-0.3, -0.25) is 14.5 Å². The maximum atomic E-state index is 14.0. The minimum atomic E-state index is -1.12. The van der Waals surface area contributed by atoms with Crippen LogP contribution >= 0.6 is 34.8 Å². The van der Waals surface area contributed by atoms with E-state index in [1.165, 1.54) is 49.6 Å². The number of anilines is 1. The fraction of sp³-hybridized carbons (Fsp3) is 0.0833. The lowest BCUT2D eigenvalue weighted by Crippen LogP contribution is -2.29. The highest BCUT2D eigenvalue weighted by Crippen LogP contribution is 2.44. The Hall–Kier alpha value is -3.06. The van der Waals surface area contributed by atoms with E-state index in [0.29, 0.717) is 11.3 Å². The Morgan fingerprint density at radius 2 is 1.70 bits per heavy atom. The molecule has 1 atom stereocenters. The molecule has 3 aromatic rings. The SMILES string of the molecule is COc1ccc(Cl)c(/C(O)=C2\C(=O)C(=O)N(c3cccc(F)c3)C2c2ccc(Cl)c(Cl)c2)c1. The summed E-state index contributed by atoms with van der Waals surface area (Å²) in [5.74, 6) is -2.64. The summed E-state index contributed by atoms with van der Waals surface area (Å²) in [6.07, 6.45) is 0. The van der Waals surface area contributed by atoms with E-state index in [2.05, 4.69) is 0 Å². The first-order chi connectivity index (χ1) is 15.7. The van der Waals surface area contributed by atoms with Gasteiger partial charge in [0, 0.05) is 11.3 Å². The number of hydrogen-bond donors (Lipinski definition) is 1. The van der Waals surface area contributed by atoms with Crippen LogP contribution in [0.3, 0.4) is 0 Å². The molecule has 168 valence electrons. The van der Waals surface area contributed by atoms with Crippen LogP contribution in [-0.4, -0.2) is 23.9 Å². The van der Waals surface area contributed by atoms with Gasteiger partial charge < -0.3 is 9.84 Å². The van der Waals surface area contributed by atoms with Gasteiger partial charge in [0.2, 0.25) is 0 Å². The summed E-state index contributed by atoms with van der Waals surface area (Å²) >= 11 is 18.5. The fourth-order valence-electron chi connectivity index (χ4n) is 3.68. The standard InChI is InChI=1S/C24H15Cl3FNO4/c1-33-15-6-8-17(25)16(11-15)22(30)20-21(12-5-7-18(26)19(27)9-12)29(24(32)23(20)31)14-4-2-3-13(28)10-14/h2-11,21,30H,1H3/b22-20+. The van der Waals surface area contributed by atoms with Crippen molar-refractivity contribution in [2.75, 3.05) is 12.0 Å². The molecule has 1 N–H and O–H groups in total. The first-order valence-electron chi connectivity index (χ1n) is 9.58. The van der Waals surface area contributed by atoms with Crippen LogP contribution in [0.15, 0.2) is 66.2 Å². The van der Waals surface area contributed by atoms with Crippen molar-refractivity contribution >= 4 is 57.9 Å². The zero-order chi connectivity index (χ0) is 23.9. The molecule has 1 fully saturated rings. The number of ketones is 1. The van der Waals surface area contributed by atoms with Gasteiger partial charge in [0.15, 0.2) is 0 Å². The van der Waals surface area contributed by atoms with Gasteiger partial charge in [-0.25, -0.2) is 4.39 Å². The highest BCUT2D eigenvalue weighted by Gasteiger charge is 2.47. The van der Waals surface area contributed by atoms with E-state index in [-0.39, 0.29) is 31.9 Å². The fourth-order valence-corrected chi connectivity index (χ4v) is 4.19. The molecule has 4 rings (SSSR count). The molecule has 0 aromatic heterocycles. The van der Waals surface area contributed by atoms with E-state index >= 15 is 0 Å². The number of amides is 1. The third kappa shape index (κ3) is 4.17. The van der Waals surface area contributed by atoms with Gasteiger partial charge in [-0.2, -0.15) is 0 Å². The first kappa shape index (κ1) is 23.1. The quantitative estimate of drug-likeness (QED) is 0.252.